The molecule has 0 radical (unpaired) electrons. The van der Waals surface area contributed by atoms with Gasteiger partial charge in [0.1, 0.15) is 6.61 Å². The second-order valence-corrected chi connectivity index (χ2v) is 5.21. The summed E-state index contributed by atoms with van der Waals surface area (Å²) in [6.07, 6.45) is 5.21. The van der Waals surface area contributed by atoms with Crippen molar-refractivity contribution in [2.45, 2.75) is 19.3 Å². The summed E-state index contributed by atoms with van der Waals surface area (Å²) in [7, 11) is 0. The van der Waals surface area contributed by atoms with Crippen LogP contribution < -0.4 is 5.32 Å². The molecule has 6 heteroatoms. The molecule has 1 atom stereocenters. The van der Waals surface area contributed by atoms with Crippen LogP contribution in [0.1, 0.15) is 29.1 Å². The topological polar surface area (TPSA) is 51.2 Å². The second-order valence-electron chi connectivity index (χ2n) is 4.31. The van der Waals surface area contributed by atoms with E-state index in [-0.39, 0.29) is 24.8 Å². The molecule has 1 saturated heterocycles. The monoisotopic (exact) mass is 290 g/mol. The average molecular weight is 291 g/mol. The predicted octanol–water partition coefficient (Wildman–Crippen LogP) is 2.15. The number of rotatable bonds is 6. The summed E-state index contributed by atoms with van der Waals surface area (Å²) in [5, 5.41) is 5.73. The van der Waals surface area contributed by atoms with Crippen LogP contribution in [0.4, 0.5) is 0 Å². The molecule has 0 spiro atoms. The van der Waals surface area contributed by atoms with Crippen LogP contribution in [0.25, 0.3) is 0 Å². The second kappa shape index (κ2) is 8.58. The van der Waals surface area contributed by atoms with E-state index in [1.54, 1.807) is 11.6 Å². The van der Waals surface area contributed by atoms with E-state index in [2.05, 4.69) is 10.3 Å². The van der Waals surface area contributed by atoms with Crippen molar-refractivity contribution in [3.05, 3.63) is 16.6 Å². The molecule has 1 fully saturated rings. The number of hydrogen-bond donors (Lipinski definition) is 1. The van der Waals surface area contributed by atoms with Crippen LogP contribution in [0.15, 0.2) is 11.6 Å². The Morgan fingerprint density at radius 2 is 2.50 bits per heavy atom. The molecular formula is C12H19ClN2O2S. The van der Waals surface area contributed by atoms with E-state index >= 15 is 0 Å². The summed E-state index contributed by atoms with van der Waals surface area (Å²) < 4.78 is 5.41. The molecule has 1 N–H and O–H groups in total. The van der Waals surface area contributed by atoms with Gasteiger partial charge in [-0.25, -0.2) is 4.98 Å². The highest BCUT2D eigenvalue weighted by molar-refractivity contribution is 7.11. The van der Waals surface area contributed by atoms with Crippen molar-refractivity contribution in [2.75, 3.05) is 26.3 Å². The van der Waals surface area contributed by atoms with Crippen LogP contribution in [-0.4, -0.2) is 37.1 Å². The quantitative estimate of drug-likeness (QED) is 0.644. The Labute approximate surface area is 118 Å². The van der Waals surface area contributed by atoms with Gasteiger partial charge in [0.2, 0.25) is 5.78 Å². The van der Waals surface area contributed by atoms with Crippen molar-refractivity contribution >= 4 is 29.5 Å². The summed E-state index contributed by atoms with van der Waals surface area (Å²) in [5.41, 5.74) is 0. The Balaban J connectivity index is 0.00000162. The minimum atomic E-state index is -0.0123. The molecule has 1 aromatic rings. The van der Waals surface area contributed by atoms with Crippen LogP contribution in [0, 0.1) is 5.92 Å². The summed E-state index contributed by atoms with van der Waals surface area (Å²) in [5.74, 6) is 0.695. The minimum Gasteiger partial charge on any atom is -0.373 e. The van der Waals surface area contributed by atoms with E-state index in [9.17, 15) is 4.79 Å². The summed E-state index contributed by atoms with van der Waals surface area (Å²) in [6.45, 7) is 3.06. The van der Waals surface area contributed by atoms with E-state index < -0.39 is 0 Å². The molecule has 1 aliphatic heterocycles. The van der Waals surface area contributed by atoms with E-state index in [0.717, 1.165) is 19.5 Å². The molecule has 102 valence electrons. The number of hydrogen-bond acceptors (Lipinski definition) is 5. The van der Waals surface area contributed by atoms with E-state index in [0.29, 0.717) is 17.5 Å². The predicted molar refractivity (Wildman–Crippen MR) is 74.7 cm³/mol. The average Bonchev–Trinajstić information content (AvgIpc) is 2.89. The van der Waals surface area contributed by atoms with Gasteiger partial charge in [0.25, 0.3) is 0 Å². The van der Waals surface area contributed by atoms with Gasteiger partial charge >= 0.3 is 0 Å². The third-order valence-corrected chi connectivity index (χ3v) is 3.79. The number of carbonyl (C=O) groups is 1. The van der Waals surface area contributed by atoms with Gasteiger partial charge in [-0.2, -0.15) is 0 Å². The Hall–Kier alpha value is -0.490. The Bertz CT molecular complexity index is 340. The number of thiazole rings is 1. The highest BCUT2D eigenvalue weighted by Gasteiger charge is 2.13. The van der Waals surface area contributed by atoms with Gasteiger partial charge < -0.3 is 10.1 Å². The normalized spacial score (nSPS) is 19.2. The van der Waals surface area contributed by atoms with Crippen molar-refractivity contribution in [1.29, 1.82) is 0 Å². The van der Waals surface area contributed by atoms with Gasteiger partial charge in [-0.15, -0.1) is 23.7 Å². The number of aromatic nitrogens is 1. The first-order chi connectivity index (χ1) is 8.36. The van der Waals surface area contributed by atoms with Crippen molar-refractivity contribution in [3.8, 4) is 0 Å². The number of ketones is 1. The number of Topliss-reactive ketones (excluding diaryl/α,β-unsaturated/α-hetero) is 1. The highest BCUT2D eigenvalue weighted by atomic mass is 35.5. The number of nitrogens with zero attached hydrogens (tertiary/aromatic N) is 1. The van der Waals surface area contributed by atoms with Crippen LogP contribution in [-0.2, 0) is 4.74 Å². The third kappa shape index (κ3) is 5.02. The van der Waals surface area contributed by atoms with E-state index in [1.807, 2.05) is 0 Å². The first-order valence-corrected chi connectivity index (χ1v) is 6.95. The molecule has 18 heavy (non-hydrogen) atoms. The lowest BCUT2D eigenvalue weighted by atomic mass is 9.97. The van der Waals surface area contributed by atoms with Gasteiger partial charge in [-0.1, -0.05) is 0 Å². The van der Waals surface area contributed by atoms with Crippen molar-refractivity contribution in [2.24, 2.45) is 5.92 Å². The molecule has 4 nitrogen and oxygen atoms in total. The van der Waals surface area contributed by atoms with E-state index in [4.69, 9.17) is 4.74 Å². The lowest BCUT2D eigenvalue weighted by Crippen LogP contribution is -2.30. The third-order valence-electron chi connectivity index (χ3n) is 2.97. The molecule has 2 rings (SSSR count). The number of halogens is 1. The standard InChI is InChI=1S/C12H18N2O2S.ClH/c15-11(12-14-5-7-17-12)9-16-6-3-10-2-1-4-13-8-10;/h5,7,10,13H,1-4,6,8-9H2;1H. The van der Waals surface area contributed by atoms with Gasteiger partial charge in [0.15, 0.2) is 5.01 Å². The number of piperidine rings is 1. The van der Waals surface area contributed by atoms with Crippen LogP contribution in [0.5, 0.6) is 0 Å². The fourth-order valence-electron chi connectivity index (χ4n) is 2.01. The van der Waals surface area contributed by atoms with Gasteiger partial charge in [-0.3, -0.25) is 4.79 Å². The molecule has 2 heterocycles. The molecule has 0 aliphatic carbocycles. The zero-order chi connectivity index (χ0) is 11.9. The van der Waals surface area contributed by atoms with E-state index in [1.165, 1.54) is 24.2 Å². The highest BCUT2D eigenvalue weighted by Crippen LogP contribution is 2.13. The molecule has 1 aliphatic rings. The zero-order valence-corrected chi connectivity index (χ0v) is 11.9. The molecular weight excluding hydrogens is 272 g/mol. The van der Waals surface area contributed by atoms with Gasteiger partial charge in [0, 0.05) is 18.2 Å². The fourth-order valence-corrected chi connectivity index (χ4v) is 2.57. The molecule has 0 saturated carbocycles. The lowest BCUT2D eigenvalue weighted by Gasteiger charge is -2.22. The van der Waals surface area contributed by atoms with Crippen LogP contribution >= 0.6 is 23.7 Å². The smallest absolute Gasteiger partial charge is 0.216 e. The number of nitrogens with one attached hydrogen (secondary N) is 1. The first kappa shape index (κ1) is 15.6. The molecule has 1 aromatic heterocycles. The number of carbonyl (C=O) groups excluding carboxylic acids is 1. The number of ether oxygens (including phenoxy) is 1. The minimum absolute atomic E-state index is 0. The Morgan fingerprint density at radius 1 is 1.61 bits per heavy atom. The molecule has 0 aromatic carbocycles. The Kier molecular flexibility index (Phi) is 7.42. The largest absolute Gasteiger partial charge is 0.373 e. The maximum Gasteiger partial charge on any atom is 0.216 e. The van der Waals surface area contributed by atoms with Crippen LogP contribution in [0.2, 0.25) is 0 Å². The Morgan fingerprint density at radius 3 is 3.17 bits per heavy atom. The lowest BCUT2D eigenvalue weighted by molar-refractivity contribution is 0.0725. The fraction of sp³-hybridized carbons (Fsp3) is 0.667. The van der Waals surface area contributed by atoms with Crippen LogP contribution in [0.3, 0.4) is 0 Å². The summed E-state index contributed by atoms with van der Waals surface area (Å²) in [6, 6.07) is 0. The molecule has 0 amide bonds. The van der Waals surface area contributed by atoms with Gasteiger partial charge in [-0.05, 0) is 38.3 Å². The maximum absolute atomic E-state index is 11.6. The molecule has 1 unspecified atom stereocenters. The van der Waals surface area contributed by atoms with Gasteiger partial charge in [0.05, 0.1) is 0 Å². The summed E-state index contributed by atoms with van der Waals surface area (Å²) in [4.78, 5) is 15.5. The van der Waals surface area contributed by atoms with Crippen molar-refractivity contribution < 1.29 is 9.53 Å². The zero-order valence-electron chi connectivity index (χ0n) is 10.3. The maximum atomic E-state index is 11.6. The van der Waals surface area contributed by atoms with Crippen molar-refractivity contribution in [3.63, 3.8) is 0 Å². The van der Waals surface area contributed by atoms with Crippen molar-refractivity contribution in [1.82, 2.24) is 10.3 Å². The molecule has 0 bridgehead atoms. The summed E-state index contributed by atoms with van der Waals surface area (Å²) >= 11 is 1.37. The SMILES string of the molecule is Cl.O=C(COCCC1CCCNC1)c1nccs1. The first-order valence-electron chi connectivity index (χ1n) is 6.07.